The zero-order valence-corrected chi connectivity index (χ0v) is 11.0. The molecule has 1 N–H and O–H groups in total. The van der Waals surface area contributed by atoms with Crippen molar-refractivity contribution in [1.29, 1.82) is 0 Å². The van der Waals surface area contributed by atoms with Gasteiger partial charge in [0.15, 0.2) is 0 Å². The second kappa shape index (κ2) is 5.40. The van der Waals surface area contributed by atoms with Crippen molar-refractivity contribution >= 4 is 11.7 Å². The van der Waals surface area contributed by atoms with Crippen LogP contribution in [0.5, 0.6) is 0 Å². The topological polar surface area (TPSA) is 43.8 Å². The zero-order valence-electron chi connectivity index (χ0n) is 11.0. The van der Waals surface area contributed by atoms with E-state index in [1.54, 1.807) is 12.1 Å². The van der Waals surface area contributed by atoms with E-state index in [2.05, 4.69) is 23.9 Å². The van der Waals surface area contributed by atoms with Crippen LogP contribution in [0.25, 0.3) is 0 Å². The fraction of sp³-hybridized carbons (Fsp3) is 0.500. The van der Waals surface area contributed by atoms with Crippen molar-refractivity contribution in [3.63, 3.8) is 0 Å². The number of aromatic carboxylic acids is 1. The number of para-hydroxylation sites is 1. The van der Waals surface area contributed by atoms with Crippen molar-refractivity contribution in [3.8, 4) is 0 Å². The first-order valence-corrected chi connectivity index (χ1v) is 6.33. The van der Waals surface area contributed by atoms with Crippen LogP contribution >= 0.6 is 0 Å². The third-order valence-corrected chi connectivity index (χ3v) is 3.40. The molecule has 0 radical (unpaired) electrons. The van der Waals surface area contributed by atoms with E-state index in [0.29, 0.717) is 11.6 Å². The number of anilines is 1. The Labute approximate surface area is 108 Å². The molecule has 1 fully saturated rings. The highest BCUT2D eigenvalue weighted by molar-refractivity contribution is 5.94. The van der Waals surface area contributed by atoms with Crippen LogP contribution in [0, 0.1) is 0 Å². The lowest BCUT2D eigenvalue weighted by Gasteiger charge is -2.30. The lowest BCUT2D eigenvalue weighted by molar-refractivity contribution is 0.0697. The maximum absolute atomic E-state index is 11.3. The average molecular weight is 248 g/mol. The molecule has 1 aromatic carbocycles. The lowest BCUT2D eigenvalue weighted by atomic mass is 10.1. The summed E-state index contributed by atoms with van der Waals surface area (Å²) >= 11 is 0. The van der Waals surface area contributed by atoms with Crippen LogP contribution in [-0.4, -0.2) is 49.2 Å². The highest BCUT2D eigenvalue weighted by Gasteiger charge is 2.27. The third-order valence-electron chi connectivity index (χ3n) is 3.40. The molecule has 0 aromatic heterocycles. The summed E-state index contributed by atoms with van der Waals surface area (Å²) in [6.45, 7) is 1.91. The summed E-state index contributed by atoms with van der Waals surface area (Å²) in [5.41, 5.74) is 1.26. The summed E-state index contributed by atoms with van der Waals surface area (Å²) in [7, 11) is 4.11. The number of benzene rings is 1. The van der Waals surface area contributed by atoms with Crippen molar-refractivity contribution in [2.45, 2.75) is 18.9 Å². The standard InChI is InChI=1S/C14H20N2O2/c1-15(2)10-11-6-5-9-16(11)13-8-4-3-7-12(13)14(17)18/h3-4,7-8,11H,5-6,9-10H2,1-2H3,(H,17,18). The molecule has 1 atom stereocenters. The molecule has 1 heterocycles. The predicted molar refractivity (Wildman–Crippen MR) is 72.3 cm³/mol. The Morgan fingerprint density at radius 2 is 2.17 bits per heavy atom. The molecule has 0 spiro atoms. The van der Waals surface area contributed by atoms with Gasteiger partial charge in [0.2, 0.25) is 0 Å². The largest absolute Gasteiger partial charge is 0.478 e. The number of nitrogens with zero attached hydrogens (tertiary/aromatic N) is 2. The van der Waals surface area contributed by atoms with Crippen LogP contribution in [0.4, 0.5) is 5.69 Å². The Hall–Kier alpha value is -1.55. The van der Waals surface area contributed by atoms with E-state index in [9.17, 15) is 9.90 Å². The quantitative estimate of drug-likeness (QED) is 0.884. The Morgan fingerprint density at radius 3 is 2.83 bits per heavy atom. The maximum Gasteiger partial charge on any atom is 0.337 e. The second-order valence-corrected chi connectivity index (χ2v) is 5.07. The van der Waals surface area contributed by atoms with Gasteiger partial charge in [-0.1, -0.05) is 12.1 Å². The van der Waals surface area contributed by atoms with Crippen LogP contribution in [0.15, 0.2) is 24.3 Å². The van der Waals surface area contributed by atoms with E-state index in [1.165, 1.54) is 0 Å². The molecule has 0 bridgehead atoms. The van der Waals surface area contributed by atoms with E-state index in [-0.39, 0.29) is 0 Å². The molecule has 0 amide bonds. The van der Waals surface area contributed by atoms with Gasteiger partial charge in [0, 0.05) is 19.1 Å². The minimum Gasteiger partial charge on any atom is -0.478 e. The van der Waals surface area contributed by atoms with Gasteiger partial charge in [-0.2, -0.15) is 0 Å². The van der Waals surface area contributed by atoms with E-state index in [4.69, 9.17) is 0 Å². The number of hydrogen-bond acceptors (Lipinski definition) is 3. The van der Waals surface area contributed by atoms with Gasteiger partial charge in [-0.05, 0) is 39.1 Å². The van der Waals surface area contributed by atoms with E-state index in [1.807, 2.05) is 12.1 Å². The fourth-order valence-electron chi connectivity index (χ4n) is 2.67. The first kappa shape index (κ1) is 12.9. The van der Waals surface area contributed by atoms with Gasteiger partial charge in [0.25, 0.3) is 0 Å². The molecule has 18 heavy (non-hydrogen) atoms. The average Bonchev–Trinajstić information content (AvgIpc) is 2.76. The number of likely N-dealkylation sites (N-methyl/N-ethyl adjacent to an activating group) is 1. The second-order valence-electron chi connectivity index (χ2n) is 5.07. The van der Waals surface area contributed by atoms with Crippen LogP contribution in [0.3, 0.4) is 0 Å². The molecule has 1 aromatic rings. The molecule has 4 heteroatoms. The Bertz CT molecular complexity index is 432. The summed E-state index contributed by atoms with van der Waals surface area (Å²) in [6, 6.07) is 7.71. The minimum atomic E-state index is -0.846. The zero-order chi connectivity index (χ0) is 13.1. The molecule has 98 valence electrons. The van der Waals surface area contributed by atoms with E-state index in [0.717, 1.165) is 31.6 Å². The molecule has 1 saturated heterocycles. The van der Waals surface area contributed by atoms with Crippen molar-refractivity contribution in [2.75, 3.05) is 32.1 Å². The predicted octanol–water partition coefficient (Wildman–Crippen LogP) is 1.92. The minimum absolute atomic E-state index is 0.406. The SMILES string of the molecule is CN(C)CC1CCCN1c1ccccc1C(=O)O. The molecule has 0 aliphatic carbocycles. The van der Waals surface area contributed by atoms with Crippen molar-refractivity contribution in [1.82, 2.24) is 4.90 Å². The van der Waals surface area contributed by atoms with E-state index < -0.39 is 5.97 Å². The normalized spacial score (nSPS) is 19.5. The van der Waals surface area contributed by atoms with Crippen LogP contribution in [0.1, 0.15) is 23.2 Å². The summed E-state index contributed by atoms with van der Waals surface area (Å²) in [6.07, 6.45) is 2.26. The summed E-state index contributed by atoms with van der Waals surface area (Å²) in [5, 5.41) is 9.26. The van der Waals surface area contributed by atoms with E-state index >= 15 is 0 Å². The Balaban J connectivity index is 2.27. The van der Waals surface area contributed by atoms with Gasteiger partial charge in [0.1, 0.15) is 0 Å². The molecule has 4 nitrogen and oxygen atoms in total. The summed E-state index contributed by atoms with van der Waals surface area (Å²) in [4.78, 5) is 15.7. The van der Waals surface area contributed by atoms with Crippen molar-refractivity contribution in [3.05, 3.63) is 29.8 Å². The molecule has 1 aliphatic rings. The molecular weight excluding hydrogens is 228 g/mol. The van der Waals surface area contributed by atoms with Crippen LogP contribution in [-0.2, 0) is 0 Å². The first-order chi connectivity index (χ1) is 8.59. The maximum atomic E-state index is 11.3. The Kier molecular flexibility index (Phi) is 3.87. The first-order valence-electron chi connectivity index (χ1n) is 6.33. The fourth-order valence-corrected chi connectivity index (χ4v) is 2.67. The Morgan fingerprint density at radius 1 is 1.44 bits per heavy atom. The molecule has 1 unspecified atom stereocenters. The third kappa shape index (κ3) is 2.64. The van der Waals surface area contributed by atoms with Gasteiger partial charge < -0.3 is 14.9 Å². The lowest BCUT2D eigenvalue weighted by Crippen LogP contribution is -2.38. The van der Waals surface area contributed by atoms with Gasteiger partial charge in [-0.15, -0.1) is 0 Å². The van der Waals surface area contributed by atoms with Gasteiger partial charge in [-0.25, -0.2) is 4.79 Å². The number of carboxylic acids is 1. The number of hydrogen-bond donors (Lipinski definition) is 1. The van der Waals surface area contributed by atoms with Gasteiger partial charge in [0.05, 0.1) is 11.3 Å². The monoisotopic (exact) mass is 248 g/mol. The van der Waals surface area contributed by atoms with Gasteiger partial charge in [-0.3, -0.25) is 0 Å². The number of carbonyl (C=O) groups is 1. The van der Waals surface area contributed by atoms with Gasteiger partial charge >= 0.3 is 5.97 Å². The molecule has 1 aliphatic heterocycles. The number of carboxylic acid groups (broad SMARTS) is 1. The summed E-state index contributed by atoms with van der Waals surface area (Å²) in [5.74, 6) is -0.846. The highest BCUT2D eigenvalue weighted by atomic mass is 16.4. The number of rotatable bonds is 4. The van der Waals surface area contributed by atoms with Crippen LogP contribution in [0.2, 0.25) is 0 Å². The van der Waals surface area contributed by atoms with Crippen molar-refractivity contribution in [2.24, 2.45) is 0 Å². The smallest absolute Gasteiger partial charge is 0.337 e. The molecule has 0 saturated carbocycles. The summed E-state index contributed by atoms with van der Waals surface area (Å²) < 4.78 is 0. The molecular formula is C14H20N2O2. The van der Waals surface area contributed by atoms with Crippen molar-refractivity contribution < 1.29 is 9.90 Å². The molecule has 2 rings (SSSR count). The highest BCUT2D eigenvalue weighted by Crippen LogP contribution is 2.28. The van der Waals surface area contributed by atoms with Crippen LogP contribution < -0.4 is 4.90 Å².